The fraction of sp³-hybridized carbons (Fsp3) is 0.200. The van der Waals surface area contributed by atoms with Gasteiger partial charge in [0.1, 0.15) is 0 Å². The van der Waals surface area contributed by atoms with E-state index in [0.717, 1.165) is 54.5 Å². The quantitative estimate of drug-likeness (QED) is 0.348. The zero-order valence-electron chi connectivity index (χ0n) is 4.36. The average Bonchev–Trinajstić information content (AvgIpc) is 1.35. The molecule has 0 aliphatic carbocycles. The van der Waals surface area contributed by atoms with Crippen molar-refractivity contribution in [2.45, 2.75) is 6.92 Å². The molecular weight excluding hydrogens is 99.2 g/mol. The van der Waals surface area contributed by atoms with Crippen LogP contribution in [0.5, 0.6) is 0 Å². The first-order chi connectivity index (χ1) is 2.77. The summed E-state index contributed by atoms with van der Waals surface area (Å²) in [7, 11) is 0. The molecule has 0 heterocycles. The van der Waals surface area contributed by atoms with Crippen molar-refractivity contribution in [2.75, 3.05) is 0 Å². The summed E-state index contributed by atoms with van der Waals surface area (Å²) in [6.07, 6.45) is 2.06. The second-order valence-electron chi connectivity index (χ2n) is 1.35. The van der Waals surface area contributed by atoms with Gasteiger partial charge >= 0.3 is 74.3 Å². The van der Waals surface area contributed by atoms with Crippen molar-refractivity contribution in [1.29, 1.82) is 0 Å². The molecule has 0 rings (SSSR count). The fourth-order valence-electron chi connectivity index (χ4n) is 0.285. The average molecular weight is 106 g/mol. The summed E-state index contributed by atoms with van der Waals surface area (Å²) in [4.78, 5) is 0. The van der Waals surface area contributed by atoms with E-state index in [4.69, 9.17) is 0 Å². The predicted octanol–water partition coefficient (Wildman–Crippen LogP) is 1.24. The summed E-state index contributed by atoms with van der Waals surface area (Å²) in [6.45, 7) is 5.69. The number of rotatable bonds is 1. The molecule has 0 aromatic heterocycles. The van der Waals surface area contributed by atoms with Gasteiger partial charge in [-0.05, 0) is 0 Å². The summed E-state index contributed by atoms with van der Waals surface area (Å²) in [6, 6.07) is 0. The SMILES string of the molecule is C=C(C)C=[CH][K]. The Bertz CT molecular complexity index is 72.0. The van der Waals surface area contributed by atoms with Crippen LogP contribution < -0.4 is 0 Å². The summed E-state index contributed by atoms with van der Waals surface area (Å²) < 4.78 is 2.16. The van der Waals surface area contributed by atoms with E-state index in [1.807, 2.05) is 6.92 Å². The molecule has 0 unspecified atom stereocenters. The Morgan fingerprint density at radius 3 is 2.33 bits per heavy atom. The van der Waals surface area contributed by atoms with Gasteiger partial charge in [-0.2, -0.15) is 0 Å². The van der Waals surface area contributed by atoms with Gasteiger partial charge in [-0.1, -0.05) is 0 Å². The Labute approximate surface area is 72.9 Å². The van der Waals surface area contributed by atoms with Crippen LogP contribution in [0, 0.1) is 0 Å². The normalized spacial score (nSPS) is 9.83. The summed E-state index contributed by atoms with van der Waals surface area (Å²) in [5.74, 6) is 0. The van der Waals surface area contributed by atoms with Gasteiger partial charge in [0.05, 0.1) is 0 Å². The van der Waals surface area contributed by atoms with Gasteiger partial charge in [0.15, 0.2) is 0 Å². The Hall–Kier alpha value is 1.12. The molecule has 0 N–H and O–H groups in total. The number of hydrogen-bond donors (Lipinski definition) is 0. The third kappa shape index (κ3) is 5.12. The van der Waals surface area contributed by atoms with Crippen molar-refractivity contribution in [3.8, 4) is 0 Å². The summed E-state index contributed by atoms with van der Waals surface area (Å²) in [5.41, 5.74) is 1.16. The van der Waals surface area contributed by atoms with Crippen molar-refractivity contribution in [3.63, 3.8) is 0 Å². The molecule has 0 spiro atoms. The molecule has 0 nitrogen and oxygen atoms in total. The van der Waals surface area contributed by atoms with Crippen molar-refractivity contribution < 1.29 is 0 Å². The molecule has 0 aliphatic heterocycles. The van der Waals surface area contributed by atoms with Crippen LogP contribution in [0.4, 0.5) is 0 Å². The minimum absolute atomic E-state index is 0.853. The molecule has 28 valence electrons. The second-order valence-corrected chi connectivity index (χ2v) is 2.39. The van der Waals surface area contributed by atoms with Crippen LogP contribution in [-0.2, 0) is 0 Å². The van der Waals surface area contributed by atoms with Gasteiger partial charge in [-0.3, -0.25) is 0 Å². The Kier molecular flexibility index (Phi) is 5.08. The maximum atomic E-state index is 3.69. The summed E-state index contributed by atoms with van der Waals surface area (Å²) in [5, 5.41) is 0. The van der Waals surface area contributed by atoms with E-state index in [1.165, 1.54) is 0 Å². The fourth-order valence-corrected chi connectivity index (χ4v) is 1.17. The molecule has 0 aliphatic rings. The predicted molar refractivity (Wildman–Crippen MR) is 29.7 cm³/mol. The van der Waals surface area contributed by atoms with E-state index in [9.17, 15) is 0 Å². The molecule has 0 bridgehead atoms. The van der Waals surface area contributed by atoms with Crippen molar-refractivity contribution in [2.24, 2.45) is 0 Å². The first kappa shape index (κ1) is 7.12. The zero-order chi connectivity index (χ0) is 4.99. The van der Waals surface area contributed by atoms with Crippen LogP contribution in [0.15, 0.2) is 18.4 Å². The Morgan fingerprint density at radius 1 is 1.83 bits per heavy atom. The van der Waals surface area contributed by atoms with Gasteiger partial charge in [-0.15, -0.1) is 0 Å². The second kappa shape index (κ2) is 4.28. The molecule has 0 atom stereocenters. The van der Waals surface area contributed by atoms with E-state index >= 15 is 0 Å². The topological polar surface area (TPSA) is 0 Å². The van der Waals surface area contributed by atoms with Crippen molar-refractivity contribution in [1.82, 2.24) is 0 Å². The molecule has 0 aromatic rings. The number of allylic oxidation sites excluding steroid dienone is 2. The molecule has 6 heavy (non-hydrogen) atoms. The summed E-state index contributed by atoms with van der Waals surface area (Å²) >= 11 is 0.853. The molecule has 0 fully saturated rings. The monoisotopic (exact) mass is 106 g/mol. The maximum absolute atomic E-state index is 3.69. The molecule has 0 saturated carbocycles. The molecule has 0 radical (unpaired) electrons. The van der Waals surface area contributed by atoms with Gasteiger partial charge < -0.3 is 0 Å². The van der Waals surface area contributed by atoms with Gasteiger partial charge in [0.25, 0.3) is 0 Å². The third-order valence-corrected chi connectivity index (χ3v) is 0.972. The Morgan fingerprint density at radius 2 is 2.33 bits per heavy atom. The van der Waals surface area contributed by atoms with Crippen LogP contribution in [-0.4, -0.2) is 49.0 Å². The van der Waals surface area contributed by atoms with E-state index in [2.05, 4.69) is 12.8 Å². The molecular formula is C5H7K. The first-order valence-corrected chi connectivity index (χ1v) is 3.86. The zero-order valence-corrected chi connectivity index (χ0v) is 7.48. The van der Waals surface area contributed by atoms with Crippen LogP contribution in [0.3, 0.4) is 0 Å². The number of hydrogen-bond acceptors (Lipinski definition) is 0. The molecule has 0 amide bonds. The van der Waals surface area contributed by atoms with Gasteiger partial charge in [0.2, 0.25) is 0 Å². The third-order valence-electron chi connectivity index (χ3n) is 0.451. The van der Waals surface area contributed by atoms with Gasteiger partial charge in [0, 0.05) is 0 Å². The van der Waals surface area contributed by atoms with E-state index < -0.39 is 0 Å². The van der Waals surface area contributed by atoms with Gasteiger partial charge in [-0.25, -0.2) is 0 Å². The molecule has 1 heteroatoms. The van der Waals surface area contributed by atoms with Crippen LogP contribution in [0.25, 0.3) is 0 Å². The van der Waals surface area contributed by atoms with E-state index in [-0.39, 0.29) is 0 Å². The minimum atomic E-state index is 0.853. The van der Waals surface area contributed by atoms with Crippen LogP contribution in [0.1, 0.15) is 6.92 Å². The Balaban J connectivity index is 3.30. The first-order valence-electron chi connectivity index (χ1n) is 2.05. The van der Waals surface area contributed by atoms with Crippen molar-refractivity contribution in [3.05, 3.63) is 18.4 Å². The van der Waals surface area contributed by atoms with Crippen LogP contribution in [0.2, 0.25) is 0 Å². The van der Waals surface area contributed by atoms with Crippen molar-refractivity contribution >= 4 is 49.0 Å². The molecule has 0 aromatic carbocycles. The van der Waals surface area contributed by atoms with Crippen LogP contribution >= 0.6 is 0 Å². The molecule has 0 saturated heterocycles. The standard InChI is InChI=1S/C5H7.K/c1-4-5(2)3;/h1,4H,2H2,3H3;. The van der Waals surface area contributed by atoms with E-state index in [1.54, 1.807) is 0 Å². The van der Waals surface area contributed by atoms with E-state index in [0.29, 0.717) is 0 Å².